The molecular weight excluding hydrogens is 430 g/mol. The predicted molar refractivity (Wildman–Crippen MR) is 136 cm³/mol. The number of para-hydroxylation sites is 2. The fourth-order valence-corrected chi connectivity index (χ4v) is 4.47. The Morgan fingerprint density at radius 3 is 1.97 bits per heavy atom. The first-order valence-corrected chi connectivity index (χ1v) is 11.2. The smallest absolute Gasteiger partial charge is 0.271 e. The Labute approximate surface area is 195 Å². The van der Waals surface area contributed by atoms with Crippen LogP contribution < -0.4 is 4.90 Å². The van der Waals surface area contributed by atoms with Gasteiger partial charge in [-0.2, -0.15) is 0 Å². The number of rotatable bonds is 6. The zero-order chi connectivity index (χ0) is 22.6. The maximum absolute atomic E-state index is 11.0. The number of aromatic nitrogens is 1. The van der Waals surface area contributed by atoms with Crippen molar-refractivity contribution in [1.29, 1.82) is 0 Å². The first kappa shape index (κ1) is 20.6. The van der Waals surface area contributed by atoms with E-state index in [1.165, 1.54) is 23.5 Å². The van der Waals surface area contributed by atoms with Crippen LogP contribution >= 0.6 is 11.3 Å². The van der Waals surface area contributed by atoms with Gasteiger partial charge in [-0.25, -0.2) is 4.98 Å². The number of nitro groups is 1. The lowest BCUT2D eigenvalue weighted by Gasteiger charge is -2.25. The lowest BCUT2D eigenvalue weighted by molar-refractivity contribution is -0.384. The summed E-state index contributed by atoms with van der Waals surface area (Å²) in [6, 6.07) is 33.7. The van der Waals surface area contributed by atoms with Gasteiger partial charge < -0.3 is 4.90 Å². The van der Waals surface area contributed by atoms with Gasteiger partial charge in [0, 0.05) is 29.2 Å². The zero-order valence-electron chi connectivity index (χ0n) is 17.5. The largest absolute Gasteiger partial charge is 0.311 e. The summed E-state index contributed by atoms with van der Waals surface area (Å²) in [6.07, 6.45) is 3.95. The van der Waals surface area contributed by atoms with Crippen molar-refractivity contribution in [2.45, 2.75) is 0 Å². The van der Waals surface area contributed by atoms with Gasteiger partial charge in [0.05, 0.1) is 15.1 Å². The second-order valence-corrected chi connectivity index (χ2v) is 8.45. The molecule has 0 N–H and O–H groups in total. The fraction of sp³-hybridized carbons (Fsp3) is 0. The zero-order valence-corrected chi connectivity index (χ0v) is 18.4. The van der Waals surface area contributed by atoms with Crippen LogP contribution in [0.5, 0.6) is 0 Å². The molecule has 33 heavy (non-hydrogen) atoms. The fourth-order valence-electron chi connectivity index (χ4n) is 3.62. The number of nitrogens with zero attached hydrogens (tertiary/aromatic N) is 3. The number of nitro benzene ring substituents is 1. The molecule has 0 aliphatic rings. The van der Waals surface area contributed by atoms with Crippen molar-refractivity contribution in [1.82, 2.24) is 4.98 Å². The Kier molecular flexibility index (Phi) is 5.66. The maximum atomic E-state index is 11.0. The molecule has 0 aliphatic heterocycles. The summed E-state index contributed by atoms with van der Waals surface area (Å²) in [5.74, 6) is 0. The van der Waals surface area contributed by atoms with Gasteiger partial charge in [0.1, 0.15) is 5.01 Å². The Bertz CT molecular complexity index is 1390. The standard InChI is InChI=1S/C27H19N3O2S/c31-30(32)24-16-17-26-25(19-24)28-27(33-26)18-13-20-11-14-23(15-12-20)29(21-7-3-1-4-8-21)22-9-5-2-6-10-22/h1-19H. The van der Waals surface area contributed by atoms with Crippen molar-refractivity contribution >= 4 is 56.5 Å². The van der Waals surface area contributed by atoms with Crippen LogP contribution in [0.25, 0.3) is 22.4 Å². The Hall–Kier alpha value is -4.29. The molecule has 5 aromatic rings. The second kappa shape index (κ2) is 9.06. The van der Waals surface area contributed by atoms with Crippen LogP contribution in [-0.4, -0.2) is 9.91 Å². The molecule has 1 aromatic heterocycles. The number of thiazole rings is 1. The number of benzene rings is 4. The molecular formula is C27H19N3O2S. The Balaban J connectivity index is 1.41. The molecule has 4 aromatic carbocycles. The van der Waals surface area contributed by atoms with Gasteiger partial charge in [-0.3, -0.25) is 10.1 Å². The van der Waals surface area contributed by atoms with Gasteiger partial charge in [0.2, 0.25) is 0 Å². The summed E-state index contributed by atoms with van der Waals surface area (Å²) in [6.45, 7) is 0. The van der Waals surface area contributed by atoms with Crippen LogP contribution in [0.1, 0.15) is 10.6 Å². The van der Waals surface area contributed by atoms with Crippen molar-refractivity contribution in [3.8, 4) is 0 Å². The van der Waals surface area contributed by atoms with Crippen molar-refractivity contribution < 1.29 is 4.92 Å². The lowest BCUT2D eigenvalue weighted by atomic mass is 10.1. The summed E-state index contributed by atoms with van der Waals surface area (Å²) in [5.41, 5.74) is 5.00. The van der Waals surface area contributed by atoms with E-state index in [0.29, 0.717) is 5.52 Å². The van der Waals surface area contributed by atoms with E-state index in [1.54, 1.807) is 6.07 Å². The van der Waals surface area contributed by atoms with E-state index < -0.39 is 4.92 Å². The third kappa shape index (κ3) is 4.51. The third-order valence-corrected chi connectivity index (χ3v) is 6.20. The van der Waals surface area contributed by atoms with E-state index in [2.05, 4.69) is 58.4 Å². The summed E-state index contributed by atoms with van der Waals surface area (Å²) in [4.78, 5) is 17.3. The highest BCUT2D eigenvalue weighted by Gasteiger charge is 2.12. The van der Waals surface area contributed by atoms with Crippen LogP contribution in [0, 0.1) is 10.1 Å². The minimum Gasteiger partial charge on any atom is -0.311 e. The molecule has 5 nitrogen and oxygen atoms in total. The molecule has 1 heterocycles. The van der Waals surface area contributed by atoms with Crippen molar-refractivity contribution in [2.75, 3.05) is 4.90 Å². The number of fused-ring (bicyclic) bond motifs is 1. The van der Waals surface area contributed by atoms with E-state index in [-0.39, 0.29) is 5.69 Å². The topological polar surface area (TPSA) is 59.3 Å². The van der Waals surface area contributed by atoms with Crippen molar-refractivity contribution in [3.05, 3.63) is 124 Å². The first-order chi connectivity index (χ1) is 16.2. The van der Waals surface area contributed by atoms with Gasteiger partial charge in [-0.05, 0) is 54.1 Å². The summed E-state index contributed by atoms with van der Waals surface area (Å²) in [5, 5.41) is 11.8. The minimum absolute atomic E-state index is 0.0558. The van der Waals surface area contributed by atoms with Crippen LogP contribution in [0.4, 0.5) is 22.7 Å². The van der Waals surface area contributed by atoms with E-state index in [1.807, 2.05) is 48.6 Å². The third-order valence-electron chi connectivity index (χ3n) is 5.20. The average molecular weight is 450 g/mol. The molecule has 0 aliphatic carbocycles. The number of hydrogen-bond acceptors (Lipinski definition) is 5. The normalized spacial score (nSPS) is 11.2. The van der Waals surface area contributed by atoms with Crippen LogP contribution in [0.2, 0.25) is 0 Å². The first-order valence-electron chi connectivity index (χ1n) is 10.4. The molecule has 0 saturated heterocycles. The molecule has 5 rings (SSSR count). The number of non-ortho nitro benzene ring substituents is 1. The van der Waals surface area contributed by atoms with E-state index in [0.717, 1.165) is 32.3 Å². The maximum Gasteiger partial charge on any atom is 0.271 e. The Morgan fingerprint density at radius 1 is 0.758 bits per heavy atom. The van der Waals surface area contributed by atoms with Crippen molar-refractivity contribution in [2.24, 2.45) is 0 Å². The highest BCUT2D eigenvalue weighted by atomic mass is 32.1. The van der Waals surface area contributed by atoms with Gasteiger partial charge in [0.25, 0.3) is 5.69 Å². The summed E-state index contributed by atoms with van der Waals surface area (Å²) < 4.78 is 0.928. The molecule has 0 unspecified atom stereocenters. The van der Waals surface area contributed by atoms with Gasteiger partial charge >= 0.3 is 0 Å². The predicted octanol–water partition coefficient (Wildman–Crippen LogP) is 7.84. The quantitative estimate of drug-likeness (QED) is 0.196. The molecule has 0 amide bonds. The molecule has 0 bridgehead atoms. The lowest BCUT2D eigenvalue weighted by Crippen LogP contribution is -2.09. The van der Waals surface area contributed by atoms with Crippen LogP contribution in [0.15, 0.2) is 103 Å². The van der Waals surface area contributed by atoms with E-state index in [4.69, 9.17) is 0 Å². The van der Waals surface area contributed by atoms with Crippen LogP contribution in [-0.2, 0) is 0 Å². The average Bonchev–Trinajstić information content (AvgIpc) is 3.27. The highest BCUT2D eigenvalue weighted by molar-refractivity contribution is 7.19. The molecule has 0 saturated carbocycles. The van der Waals surface area contributed by atoms with Crippen molar-refractivity contribution in [3.63, 3.8) is 0 Å². The molecule has 6 heteroatoms. The van der Waals surface area contributed by atoms with Crippen LogP contribution in [0.3, 0.4) is 0 Å². The molecule has 160 valence electrons. The minimum atomic E-state index is -0.399. The van der Waals surface area contributed by atoms with E-state index >= 15 is 0 Å². The molecule has 0 fully saturated rings. The van der Waals surface area contributed by atoms with Gasteiger partial charge in [0.15, 0.2) is 0 Å². The number of anilines is 3. The molecule has 0 spiro atoms. The Morgan fingerprint density at radius 2 is 1.36 bits per heavy atom. The van der Waals surface area contributed by atoms with E-state index in [9.17, 15) is 10.1 Å². The highest BCUT2D eigenvalue weighted by Crippen LogP contribution is 2.34. The number of hydrogen-bond donors (Lipinski definition) is 0. The summed E-state index contributed by atoms with van der Waals surface area (Å²) >= 11 is 1.51. The second-order valence-electron chi connectivity index (χ2n) is 7.39. The monoisotopic (exact) mass is 449 g/mol. The van der Waals surface area contributed by atoms with Gasteiger partial charge in [-0.1, -0.05) is 54.6 Å². The summed E-state index contributed by atoms with van der Waals surface area (Å²) in [7, 11) is 0. The molecule has 0 atom stereocenters. The van der Waals surface area contributed by atoms with Gasteiger partial charge in [-0.15, -0.1) is 11.3 Å². The molecule has 0 radical (unpaired) electrons. The SMILES string of the molecule is O=[N+]([O-])c1ccc2sc(C=Cc3ccc(N(c4ccccc4)c4ccccc4)cc3)nc2c1.